The summed E-state index contributed by atoms with van der Waals surface area (Å²) >= 11 is 0. The fourth-order valence-electron chi connectivity index (χ4n) is 2.76. The zero-order valence-corrected chi connectivity index (χ0v) is 13.0. The largest absolute Gasteiger partial charge is 0.335 e. The summed E-state index contributed by atoms with van der Waals surface area (Å²) in [4.78, 5) is 23.3. The molecular formula is C15H24N4O. The lowest BCUT2D eigenvalue weighted by Crippen LogP contribution is -2.56. The summed E-state index contributed by atoms with van der Waals surface area (Å²) in [5.41, 5.74) is 1.49. The third-order valence-corrected chi connectivity index (χ3v) is 3.56. The van der Waals surface area contributed by atoms with Crippen LogP contribution >= 0.6 is 0 Å². The molecule has 1 aliphatic rings. The molecule has 1 fully saturated rings. The SMILES string of the molecule is Cc1ncc(C(=O)N2CC(C)NC(C)C2)c(C(C)C)n1. The first kappa shape index (κ1) is 14.9. The molecule has 0 saturated carbocycles. The highest BCUT2D eigenvalue weighted by atomic mass is 16.2. The first-order valence-corrected chi connectivity index (χ1v) is 7.27. The van der Waals surface area contributed by atoms with Crippen molar-refractivity contribution in [3.8, 4) is 0 Å². The van der Waals surface area contributed by atoms with Crippen molar-refractivity contribution in [2.45, 2.75) is 52.6 Å². The molecule has 2 atom stereocenters. The van der Waals surface area contributed by atoms with E-state index in [0.717, 1.165) is 18.8 Å². The maximum absolute atomic E-state index is 12.7. The van der Waals surface area contributed by atoms with Crippen molar-refractivity contribution in [2.75, 3.05) is 13.1 Å². The molecule has 1 amide bonds. The minimum absolute atomic E-state index is 0.0499. The van der Waals surface area contributed by atoms with Crippen LogP contribution in [0, 0.1) is 6.92 Å². The molecule has 1 aromatic heterocycles. The third kappa shape index (κ3) is 3.15. The summed E-state index contributed by atoms with van der Waals surface area (Å²) in [6, 6.07) is 0.633. The summed E-state index contributed by atoms with van der Waals surface area (Å²) in [7, 11) is 0. The van der Waals surface area contributed by atoms with Gasteiger partial charge in [-0.3, -0.25) is 4.79 Å². The van der Waals surface area contributed by atoms with Crippen molar-refractivity contribution in [1.82, 2.24) is 20.2 Å². The van der Waals surface area contributed by atoms with E-state index in [-0.39, 0.29) is 11.8 Å². The van der Waals surface area contributed by atoms with Crippen molar-refractivity contribution in [2.24, 2.45) is 0 Å². The van der Waals surface area contributed by atoms with E-state index < -0.39 is 0 Å². The molecule has 5 nitrogen and oxygen atoms in total. The molecule has 1 aliphatic heterocycles. The molecule has 1 N–H and O–H groups in total. The molecule has 0 aliphatic carbocycles. The van der Waals surface area contributed by atoms with Crippen LogP contribution in [0.1, 0.15) is 55.5 Å². The molecule has 2 heterocycles. The summed E-state index contributed by atoms with van der Waals surface area (Å²) in [6.07, 6.45) is 1.68. The number of nitrogens with zero attached hydrogens (tertiary/aromatic N) is 3. The lowest BCUT2D eigenvalue weighted by Gasteiger charge is -2.36. The first-order chi connectivity index (χ1) is 9.38. The lowest BCUT2D eigenvalue weighted by atomic mass is 10.0. The second-order valence-corrected chi connectivity index (χ2v) is 6.05. The van der Waals surface area contributed by atoms with Crippen molar-refractivity contribution < 1.29 is 4.79 Å². The van der Waals surface area contributed by atoms with Gasteiger partial charge in [0.05, 0.1) is 11.3 Å². The number of nitrogens with one attached hydrogen (secondary N) is 1. The second-order valence-electron chi connectivity index (χ2n) is 6.05. The number of carbonyl (C=O) groups is 1. The Bertz CT molecular complexity index is 491. The van der Waals surface area contributed by atoms with Gasteiger partial charge in [-0.15, -0.1) is 0 Å². The van der Waals surface area contributed by atoms with Gasteiger partial charge in [0.15, 0.2) is 0 Å². The molecule has 1 saturated heterocycles. The van der Waals surface area contributed by atoms with E-state index in [1.165, 1.54) is 0 Å². The average molecular weight is 276 g/mol. The Kier molecular flexibility index (Phi) is 4.38. The van der Waals surface area contributed by atoms with Crippen LogP contribution in [0.25, 0.3) is 0 Å². The van der Waals surface area contributed by atoms with Crippen molar-refractivity contribution in [3.63, 3.8) is 0 Å². The minimum Gasteiger partial charge on any atom is -0.335 e. The number of carbonyl (C=O) groups excluding carboxylic acids is 1. The smallest absolute Gasteiger partial charge is 0.257 e. The monoisotopic (exact) mass is 276 g/mol. The molecule has 0 aromatic carbocycles. The van der Waals surface area contributed by atoms with Crippen molar-refractivity contribution >= 4 is 5.91 Å². The first-order valence-electron chi connectivity index (χ1n) is 7.27. The normalized spacial score (nSPS) is 23.2. The van der Waals surface area contributed by atoms with E-state index >= 15 is 0 Å². The Morgan fingerprint density at radius 3 is 2.50 bits per heavy atom. The van der Waals surface area contributed by atoms with Gasteiger partial charge >= 0.3 is 0 Å². The Hall–Kier alpha value is -1.49. The lowest BCUT2D eigenvalue weighted by molar-refractivity contribution is 0.0671. The predicted molar refractivity (Wildman–Crippen MR) is 78.8 cm³/mol. The summed E-state index contributed by atoms with van der Waals surface area (Å²) in [5, 5.41) is 3.44. The second kappa shape index (κ2) is 5.87. The quantitative estimate of drug-likeness (QED) is 0.893. The number of rotatable bonds is 2. The van der Waals surface area contributed by atoms with E-state index in [1.807, 2.05) is 11.8 Å². The highest BCUT2D eigenvalue weighted by molar-refractivity contribution is 5.95. The molecule has 110 valence electrons. The average Bonchev–Trinajstić information content (AvgIpc) is 2.36. The maximum Gasteiger partial charge on any atom is 0.257 e. The molecule has 0 radical (unpaired) electrons. The molecular weight excluding hydrogens is 252 g/mol. The van der Waals surface area contributed by atoms with E-state index in [4.69, 9.17) is 0 Å². The number of aromatic nitrogens is 2. The van der Waals surface area contributed by atoms with Gasteiger partial charge in [0.1, 0.15) is 5.82 Å². The van der Waals surface area contributed by atoms with E-state index in [0.29, 0.717) is 23.5 Å². The molecule has 2 rings (SSSR count). The molecule has 20 heavy (non-hydrogen) atoms. The zero-order valence-electron chi connectivity index (χ0n) is 13.0. The van der Waals surface area contributed by atoms with Crippen LogP contribution in [0.2, 0.25) is 0 Å². The van der Waals surface area contributed by atoms with Crippen LogP contribution in [0.5, 0.6) is 0 Å². The Balaban J connectivity index is 2.29. The van der Waals surface area contributed by atoms with Crippen LogP contribution in [-0.2, 0) is 0 Å². The van der Waals surface area contributed by atoms with Gasteiger partial charge in [-0.05, 0) is 26.7 Å². The summed E-state index contributed by atoms with van der Waals surface area (Å²) in [5.74, 6) is 0.981. The zero-order chi connectivity index (χ0) is 14.9. The van der Waals surface area contributed by atoms with Gasteiger partial charge < -0.3 is 10.2 Å². The highest BCUT2D eigenvalue weighted by Gasteiger charge is 2.28. The van der Waals surface area contributed by atoms with Gasteiger partial charge in [0, 0.05) is 31.4 Å². The molecule has 0 spiro atoms. The van der Waals surface area contributed by atoms with Gasteiger partial charge in [-0.1, -0.05) is 13.8 Å². The predicted octanol–water partition coefficient (Wildman–Crippen LogP) is 1.73. The van der Waals surface area contributed by atoms with Crippen LogP contribution in [0.3, 0.4) is 0 Å². The maximum atomic E-state index is 12.7. The Morgan fingerprint density at radius 2 is 1.95 bits per heavy atom. The van der Waals surface area contributed by atoms with Gasteiger partial charge in [0.2, 0.25) is 0 Å². The number of hydrogen-bond donors (Lipinski definition) is 1. The minimum atomic E-state index is 0.0499. The number of amides is 1. The number of hydrogen-bond acceptors (Lipinski definition) is 4. The molecule has 5 heteroatoms. The van der Waals surface area contributed by atoms with Crippen LogP contribution in [-0.4, -0.2) is 45.9 Å². The standard InChI is InChI=1S/C15H24N4O/c1-9(2)14-13(6-16-12(5)18-14)15(20)19-7-10(3)17-11(4)8-19/h6,9-11,17H,7-8H2,1-5H3. The number of aryl methyl sites for hydroxylation is 1. The third-order valence-electron chi connectivity index (χ3n) is 3.56. The molecule has 0 bridgehead atoms. The van der Waals surface area contributed by atoms with Crippen LogP contribution in [0.4, 0.5) is 0 Å². The topological polar surface area (TPSA) is 58.1 Å². The summed E-state index contributed by atoms with van der Waals surface area (Å²) < 4.78 is 0. The van der Waals surface area contributed by atoms with E-state index in [1.54, 1.807) is 6.20 Å². The van der Waals surface area contributed by atoms with Gasteiger partial charge in [-0.2, -0.15) is 0 Å². The Labute approximate surface area is 120 Å². The van der Waals surface area contributed by atoms with Crippen molar-refractivity contribution in [3.05, 3.63) is 23.3 Å². The van der Waals surface area contributed by atoms with E-state index in [2.05, 4.69) is 43.0 Å². The molecule has 2 unspecified atom stereocenters. The fourth-order valence-corrected chi connectivity index (χ4v) is 2.76. The highest BCUT2D eigenvalue weighted by Crippen LogP contribution is 2.19. The van der Waals surface area contributed by atoms with Crippen LogP contribution in [0.15, 0.2) is 6.20 Å². The van der Waals surface area contributed by atoms with Gasteiger partial charge in [0.25, 0.3) is 5.91 Å². The van der Waals surface area contributed by atoms with E-state index in [9.17, 15) is 4.79 Å². The number of piperazine rings is 1. The molecule has 1 aromatic rings. The summed E-state index contributed by atoms with van der Waals surface area (Å²) in [6.45, 7) is 11.6. The Morgan fingerprint density at radius 1 is 1.35 bits per heavy atom. The van der Waals surface area contributed by atoms with Gasteiger partial charge in [-0.25, -0.2) is 9.97 Å². The van der Waals surface area contributed by atoms with Crippen molar-refractivity contribution in [1.29, 1.82) is 0 Å². The fraction of sp³-hybridized carbons (Fsp3) is 0.667. The van der Waals surface area contributed by atoms with Crippen LogP contribution < -0.4 is 5.32 Å².